The summed E-state index contributed by atoms with van der Waals surface area (Å²) >= 11 is 1.76. The second-order valence-electron chi connectivity index (χ2n) is 4.78. The zero-order chi connectivity index (χ0) is 11.0. The molecule has 0 saturated carbocycles. The van der Waals surface area contributed by atoms with E-state index in [2.05, 4.69) is 17.2 Å². The average Bonchev–Trinajstić information content (AvgIpc) is 2.96. The summed E-state index contributed by atoms with van der Waals surface area (Å²) in [4.78, 5) is 5.68. The molecule has 2 aliphatic rings. The molecule has 2 aliphatic heterocycles. The van der Waals surface area contributed by atoms with E-state index in [1.165, 1.54) is 29.8 Å². The van der Waals surface area contributed by atoms with E-state index in [9.17, 15) is 0 Å². The lowest BCUT2D eigenvalue weighted by Gasteiger charge is -2.19. The van der Waals surface area contributed by atoms with Gasteiger partial charge in [0.1, 0.15) is 0 Å². The van der Waals surface area contributed by atoms with Crippen LogP contribution in [0.2, 0.25) is 0 Å². The first-order valence-electron chi connectivity index (χ1n) is 6.11. The maximum atomic E-state index is 5.82. The first kappa shape index (κ1) is 10.7. The fourth-order valence-electron chi connectivity index (χ4n) is 2.79. The number of aryl methyl sites for hydroxylation is 1. The molecule has 0 radical (unpaired) electrons. The van der Waals surface area contributed by atoms with E-state index in [4.69, 9.17) is 4.74 Å². The van der Waals surface area contributed by atoms with Crippen LogP contribution in [-0.4, -0.2) is 29.8 Å². The van der Waals surface area contributed by atoms with E-state index < -0.39 is 0 Å². The van der Waals surface area contributed by atoms with Crippen molar-refractivity contribution in [2.75, 3.05) is 6.54 Å². The summed E-state index contributed by atoms with van der Waals surface area (Å²) in [5.74, 6) is 0. The zero-order valence-corrected chi connectivity index (χ0v) is 10.4. The van der Waals surface area contributed by atoms with Gasteiger partial charge in [0.05, 0.1) is 23.4 Å². The molecule has 1 aromatic rings. The second kappa shape index (κ2) is 4.43. The Balaban J connectivity index is 1.46. The highest BCUT2D eigenvalue weighted by molar-refractivity contribution is 7.09. The van der Waals surface area contributed by atoms with E-state index in [1.807, 2.05) is 5.51 Å². The average molecular weight is 238 g/mol. The summed E-state index contributed by atoms with van der Waals surface area (Å²) < 4.78 is 5.82. The topological polar surface area (TPSA) is 34.2 Å². The molecule has 3 heterocycles. The standard InChI is InChI=1S/C12H18N2OS/c1-8-12(16-7-14-8)4-5-13-10-6-9-2-3-11(10)15-9/h7,9-11,13H,2-6H2,1H3. The number of rotatable bonds is 4. The van der Waals surface area contributed by atoms with Crippen LogP contribution in [0, 0.1) is 6.92 Å². The minimum Gasteiger partial charge on any atom is -0.373 e. The van der Waals surface area contributed by atoms with Crippen molar-refractivity contribution in [2.45, 2.75) is 50.9 Å². The molecule has 3 unspecified atom stereocenters. The Morgan fingerprint density at radius 2 is 2.50 bits per heavy atom. The van der Waals surface area contributed by atoms with Gasteiger partial charge in [0, 0.05) is 17.5 Å². The quantitative estimate of drug-likeness (QED) is 0.870. The summed E-state index contributed by atoms with van der Waals surface area (Å²) in [5.41, 5.74) is 3.13. The highest BCUT2D eigenvalue weighted by atomic mass is 32.1. The lowest BCUT2D eigenvalue weighted by Crippen LogP contribution is -2.38. The van der Waals surface area contributed by atoms with E-state index in [1.54, 1.807) is 11.3 Å². The van der Waals surface area contributed by atoms with Crippen LogP contribution in [0.5, 0.6) is 0 Å². The molecule has 1 aromatic heterocycles. The predicted molar refractivity (Wildman–Crippen MR) is 64.9 cm³/mol. The third-order valence-electron chi connectivity index (χ3n) is 3.71. The van der Waals surface area contributed by atoms with Crippen molar-refractivity contribution in [3.8, 4) is 0 Å². The van der Waals surface area contributed by atoms with Crippen LogP contribution in [-0.2, 0) is 11.2 Å². The van der Waals surface area contributed by atoms with Gasteiger partial charge in [-0.1, -0.05) is 0 Å². The molecule has 0 aromatic carbocycles. The summed E-state index contributed by atoms with van der Waals surface area (Å²) in [7, 11) is 0. The van der Waals surface area contributed by atoms with Gasteiger partial charge in [-0.05, 0) is 32.6 Å². The highest BCUT2D eigenvalue weighted by Gasteiger charge is 2.40. The summed E-state index contributed by atoms with van der Waals surface area (Å²) in [6.45, 7) is 3.15. The van der Waals surface area contributed by atoms with Crippen molar-refractivity contribution in [1.82, 2.24) is 10.3 Å². The van der Waals surface area contributed by atoms with Crippen LogP contribution >= 0.6 is 11.3 Å². The molecule has 2 saturated heterocycles. The molecule has 3 nitrogen and oxygen atoms in total. The largest absolute Gasteiger partial charge is 0.373 e. The monoisotopic (exact) mass is 238 g/mol. The molecule has 2 fully saturated rings. The minimum atomic E-state index is 0.493. The van der Waals surface area contributed by atoms with Crippen molar-refractivity contribution in [1.29, 1.82) is 0 Å². The van der Waals surface area contributed by atoms with Crippen molar-refractivity contribution < 1.29 is 4.74 Å². The van der Waals surface area contributed by atoms with Gasteiger partial charge in [-0.25, -0.2) is 4.98 Å². The van der Waals surface area contributed by atoms with Crippen molar-refractivity contribution >= 4 is 11.3 Å². The van der Waals surface area contributed by atoms with Gasteiger partial charge in [0.25, 0.3) is 0 Å². The first-order chi connectivity index (χ1) is 7.83. The highest BCUT2D eigenvalue weighted by Crippen LogP contribution is 2.34. The molecule has 3 rings (SSSR count). The number of ether oxygens (including phenoxy) is 1. The predicted octanol–water partition coefficient (Wildman–Crippen LogP) is 1.90. The van der Waals surface area contributed by atoms with Gasteiger partial charge >= 0.3 is 0 Å². The number of thiazole rings is 1. The van der Waals surface area contributed by atoms with Gasteiger partial charge in [-0.3, -0.25) is 0 Å². The molecule has 0 amide bonds. The van der Waals surface area contributed by atoms with Gasteiger partial charge in [0.15, 0.2) is 0 Å². The normalized spacial score (nSPS) is 32.4. The van der Waals surface area contributed by atoms with Crippen molar-refractivity contribution in [3.05, 3.63) is 16.1 Å². The van der Waals surface area contributed by atoms with Gasteiger partial charge in [-0.15, -0.1) is 11.3 Å². The Morgan fingerprint density at radius 3 is 3.12 bits per heavy atom. The number of fused-ring (bicyclic) bond motifs is 2. The van der Waals surface area contributed by atoms with Crippen LogP contribution in [0.1, 0.15) is 29.8 Å². The van der Waals surface area contributed by atoms with Crippen LogP contribution in [0.15, 0.2) is 5.51 Å². The Labute approximate surface area is 100 Å². The van der Waals surface area contributed by atoms with Crippen LogP contribution in [0.25, 0.3) is 0 Å². The van der Waals surface area contributed by atoms with Crippen LogP contribution in [0.3, 0.4) is 0 Å². The Hall–Kier alpha value is -0.450. The van der Waals surface area contributed by atoms with E-state index in [-0.39, 0.29) is 0 Å². The minimum absolute atomic E-state index is 0.493. The second-order valence-corrected chi connectivity index (χ2v) is 5.72. The molecule has 0 spiro atoms. The first-order valence-corrected chi connectivity index (χ1v) is 6.98. The van der Waals surface area contributed by atoms with Gasteiger partial charge < -0.3 is 10.1 Å². The lowest BCUT2D eigenvalue weighted by molar-refractivity contribution is 0.0975. The van der Waals surface area contributed by atoms with Crippen LogP contribution < -0.4 is 5.32 Å². The van der Waals surface area contributed by atoms with E-state index in [0.717, 1.165) is 13.0 Å². The molecular formula is C12H18N2OS. The number of nitrogens with one attached hydrogen (secondary N) is 1. The fraction of sp³-hybridized carbons (Fsp3) is 0.750. The molecule has 0 aliphatic carbocycles. The Morgan fingerprint density at radius 1 is 1.56 bits per heavy atom. The molecule has 16 heavy (non-hydrogen) atoms. The lowest BCUT2D eigenvalue weighted by atomic mass is 9.95. The van der Waals surface area contributed by atoms with Gasteiger partial charge in [-0.2, -0.15) is 0 Å². The SMILES string of the molecule is Cc1ncsc1CCNC1CC2CCC1O2. The van der Waals surface area contributed by atoms with Crippen LogP contribution in [0.4, 0.5) is 0 Å². The van der Waals surface area contributed by atoms with Gasteiger partial charge in [0.2, 0.25) is 0 Å². The molecule has 2 bridgehead atoms. The summed E-state index contributed by atoms with van der Waals surface area (Å²) in [5, 5.41) is 3.63. The van der Waals surface area contributed by atoms with E-state index >= 15 is 0 Å². The number of aromatic nitrogens is 1. The Kier molecular flexibility index (Phi) is 2.96. The number of hydrogen-bond donors (Lipinski definition) is 1. The third-order valence-corrected chi connectivity index (χ3v) is 4.70. The molecule has 3 atom stereocenters. The summed E-state index contributed by atoms with van der Waals surface area (Å²) in [6, 6.07) is 0.604. The maximum absolute atomic E-state index is 5.82. The van der Waals surface area contributed by atoms with E-state index in [0.29, 0.717) is 18.2 Å². The molecule has 88 valence electrons. The molecule has 1 N–H and O–H groups in total. The fourth-order valence-corrected chi connectivity index (χ4v) is 3.57. The number of hydrogen-bond acceptors (Lipinski definition) is 4. The zero-order valence-electron chi connectivity index (χ0n) is 9.61. The number of nitrogens with zero attached hydrogens (tertiary/aromatic N) is 1. The third kappa shape index (κ3) is 2.01. The molecular weight excluding hydrogens is 220 g/mol. The van der Waals surface area contributed by atoms with Crippen molar-refractivity contribution in [2.24, 2.45) is 0 Å². The maximum Gasteiger partial charge on any atom is 0.0797 e. The summed E-state index contributed by atoms with van der Waals surface area (Å²) in [6.07, 6.45) is 5.88. The smallest absolute Gasteiger partial charge is 0.0797 e. The van der Waals surface area contributed by atoms with Crippen molar-refractivity contribution in [3.63, 3.8) is 0 Å². The Bertz CT molecular complexity index is 366. The molecule has 4 heteroatoms.